The van der Waals surface area contributed by atoms with Gasteiger partial charge in [-0.2, -0.15) is 10.2 Å². The molecule has 2 aromatic rings. The van der Waals surface area contributed by atoms with Gasteiger partial charge in [-0.3, -0.25) is 0 Å². The Morgan fingerprint density at radius 2 is 1.95 bits per heavy atom. The largest absolute Gasteiger partial charge is 0.368 e. The smallest absolute Gasteiger partial charge is 0.222 e. The van der Waals surface area contributed by atoms with Crippen molar-refractivity contribution in [3.63, 3.8) is 0 Å². The number of rotatable bonds is 2. The molecule has 0 atom stereocenters. The quantitative estimate of drug-likeness (QED) is 0.915. The third-order valence-electron chi connectivity index (χ3n) is 3.55. The van der Waals surface area contributed by atoms with Gasteiger partial charge in [-0.1, -0.05) is 6.07 Å². The molecular weight excluding hydrogens is 269 g/mol. The molecule has 0 unspecified atom stereocenters. The van der Waals surface area contributed by atoms with E-state index in [0.717, 1.165) is 31.7 Å². The topological polar surface area (TPSA) is 78.8 Å². The van der Waals surface area contributed by atoms with Gasteiger partial charge in [-0.15, -0.1) is 0 Å². The van der Waals surface area contributed by atoms with Crippen LogP contribution >= 0.6 is 0 Å². The van der Waals surface area contributed by atoms with E-state index < -0.39 is 5.82 Å². The van der Waals surface area contributed by atoms with Crippen molar-refractivity contribution in [1.82, 2.24) is 9.97 Å². The highest BCUT2D eigenvalue weighted by molar-refractivity contribution is 5.65. The van der Waals surface area contributed by atoms with Gasteiger partial charge in [0.25, 0.3) is 0 Å². The molecule has 1 fully saturated rings. The first kappa shape index (κ1) is 13.3. The summed E-state index contributed by atoms with van der Waals surface area (Å²) in [6.07, 6.45) is 2.26. The first-order valence-corrected chi connectivity index (χ1v) is 6.77. The minimum atomic E-state index is -0.560. The molecule has 1 aromatic carbocycles. The van der Waals surface area contributed by atoms with Crippen LogP contribution in [-0.4, -0.2) is 23.1 Å². The molecule has 0 saturated carbocycles. The van der Waals surface area contributed by atoms with Crippen LogP contribution in [0.4, 0.5) is 16.2 Å². The molecule has 0 aliphatic carbocycles. The Bertz CT molecular complexity index is 716. The molecule has 1 aliphatic heterocycles. The molecule has 5 nitrogen and oxygen atoms in total. The van der Waals surface area contributed by atoms with Gasteiger partial charge in [0.05, 0.1) is 11.3 Å². The average Bonchev–Trinajstić information content (AvgIpc) is 3.01. The maximum absolute atomic E-state index is 13.7. The highest BCUT2D eigenvalue weighted by Gasteiger charge is 2.16. The van der Waals surface area contributed by atoms with E-state index in [-0.39, 0.29) is 11.5 Å². The van der Waals surface area contributed by atoms with E-state index >= 15 is 0 Å². The van der Waals surface area contributed by atoms with Crippen LogP contribution in [0.25, 0.3) is 11.3 Å². The van der Waals surface area contributed by atoms with Crippen LogP contribution in [0, 0.1) is 17.1 Å². The van der Waals surface area contributed by atoms with E-state index in [1.54, 1.807) is 12.1 Å². The molecule has 1 saturated heterocycles. The van der Waals surface area contributed by atoms with Crippen LogP contribution < -0.4 is 10.6 Å². The zero-order valence-corrected chi connectivity index (χ0v) is 11.4. The molecule has 0 bridgehead atoms. The number of nitrogens with two attached hydrogens (primary N) is 1. The lowest BCUT2D eigenvalue weighted by atomic mass is 10.1. The van der Waals surface area contributed by atoms with Crippen molar-refractivity contribution in [1.29, 1.82) is 5.26 Å². The van der Waals surface area contributed by atoms with E-state index in [9.17, 15) is 4.39 Å². The van der Waals surface area contributed by atoms with Gasteiger partial charge in [0.1, 0.15) is 17.7 Å². The SMILES string of the molecule is N#Cc1ccc(-c2cc(N3CCCC3)nc(N)n2)cc1F. The maximum atomic E-state index is 13.7. The Morgan fingerprint density at radius 3 is 2.62 bits per heavy atom. The summed E-state index contributed by atoms with van der Waals surface area (Å²) in [6.45, 7) is 1.88. The van der Waals surface area contributed by atoms with E-state index in [1.807, 2.05) is 6.07 Å². The molecule has 0 spiro atoms. The zero-order valence-electron chi connectivity index (χ0n) is 11.4. The lowest BCUT2D eigenvalue weighted by molar-refractivity contribution is 0.624. The summed E-state index contributed by atoms with van der Waals surface area (Å²) in [6, 6.07) is 8.02. The monoisotopic (exact) mass is 283 g/mol. The summed E-state index contributed by atoms with van der Waals surface area (Å²) in [5.41, 5.74) is 6.92. The Morgan fingerprint density at radius 1 is 1.19 bits per heavy atom. The third kappa shape index (κ3) is 2.63. The van der Waals surface area contributed by atoms with Gasteiger partial charge in [0.15, 0.2) is 0 Å². The van der Waals surface area contributed by atoms with E-state index in [2.05, 4.69) is 14.9 Å². The second-order valence-corrected chi connectivity index (χ2v) is 4.97. The van der Waals surface area contributed by atoms with E-state index in [0.29, 0.717) is 11.3 Å². The Kier molecular flexibility index (Phi) is 3.40. The van der Waals surface area contributed by atoms with Crippen molar-refractivity contribution in [3.8, 4) is 17.3 Å². The second kappa shape index (κ2) is 5.37. The first-order chi connectivity index (χ1) is 10.2. The van der Waals surface area contributed by atoms with Gasteiger partial charge in [-0.05, 0) is 25.0 Å². The number of anilines is 2. The van der Waals surface area contributed by atoms with Crippen molar-refractivity contribution >= 4 is 11.8 Å². The predicted octanol–water partition coefficient (Wildman–Crippen LogP) is 2.34. The molecule has 2 N–H and O–H groups in total. The molecule has 2 heterocycles. The highest BCUT2D eigenvalue weighted by atomic mass is 19.1. The summed E-state index contributed by atoms with van der Waals surface area (Å²) >= 11 is 0. The third-order valence-corrected chi connectivity index (χ3v) is 3.55. The number of hydrogen-bond donors (Lipinski definition) is 1. The summed E-state index contributed by atoms with van der Waals surface area (Å²) in [5.74, 6) is 0.369. The minimum absolute atomic E-state index is 0.0144. The average molecular weight is 283 g/mol. The number of hydrogen-bond acceptors (Lipinski definition) is 5. The normalized spacial score (nSPS) is 14.2. The molecular formula is C15H14FN5. The van der Waals surface area contributed by atoms with Gasteiger partial charge in [0, 0.05) is 24.7 Å². The van der Waals surface area contributed by atoms with Crippen molar-refractivity contribution in [2.24, 2.45) is 0 Å². The number of aromatic nitrogens is 2. The molecule has 21 heavy (non-hydrogen) atoms. The number of nitrogens with zero attached hydrogens (tertiary/aromatic N) is 4. The molecule has 1 aliphatic rings. The van der Waals surface area contributed by atoms with Crippen LogP contribution in [0.3, 0.4) is 0 Å². The summed E-state index contributed by atoms with van der Waals surface area (Å²) in [4.78, 5) is 10.5. The van der Waals surface area contributed by atoms with Crippen LogP contribution in [0.2, 0.25) is 0 Å². The Hall–Kier alpha value is -2.68. The highest BCUT2D eigenvalue weighted by Crippen LogP contribution is 2.26. The molecule has 1 aromatic heterocycles. The van der Waals surface area contributed by atoms with Crippen molar-refractivity contribution in [2.45, 2.75) is 12.8 Å². The van der Waals surface area contributed by atoms with Crippen LogP contribution in [0.5, 0.6) is 0 Å². The minimum Gasteiger partial charge on any atom is -0.368 e. The Balaban J connectivity index is 2.02. The van der Waals surface area contributed by atoms with Crippen molar-refractivity contribution < 1.29 is 4.39 Å². The Labute approximate surface area is 121 Å². The number of halogens is 1. The van der Waals surface area contributed by atoms with Crippen LogP contribution in [0.15, 0.2) is 24.3 Å². The van der Waals surface area contributed by atoms with Gasteiger partial charge < -0.3 is 10.6 Å². The molecule has 106 valence electrons. The molecule has 0 amide bonds. The number of nitrogen functional groups attached to an aromatic ring is 1. The lowest BCUT2D eigenvalue weighted by Crippen LogP contribution is -2.19. The zero-order chi connectivity index (χ0) is 14.8. The lowest BCUT2D eigenvalue weighted by Gasteiger charge is -2.17. The summed E-state index contributed by atoms with van der Waals surface area (Å²) < 4.78 is 13.7. The van der Waals surface area contributed by atoms with Crippen LogP contribution in [-0.2, 0) is 0 Å². The number of nitriles is 1. The predicted molar refractivity (Wildman–Crippen MR) is 78.0 cm³/mol. The number of benzene rings is 1. The fourth-order valence-corrected chi connectivity index (χ4v) is 2.47. The fourth-order valence-electron chi connectivity index (χ4n) is 2.47. The van der Waals surface area contributed by atoms with Crippen molar-refractivity contribution in [2.75, 3.05) is 23.7 Å². The first-order valence-electron chi connectivity index (χ1n) is 6.77. The molecule has 3 rings (SSSR count). The van der Waals surface area contributed by atoms with Crippen LogP contribution in [0.1, 0.15) is 18.4 Å². The molecule has 6 heteroatoms. The van der Waals surface area contributed by atoms with E-state index in [4.69, 9.17) is 11.0 Å². The van der Waals surface area contributed by atoms with Crippen molar-refractivity contribution in [3.05, 3.63) is 35.6 Å². The summed E-state index contributed by atoms with van der Waals surface area (Å²) in [5, 5.41) is 8.77. The van der Waals surface area contributed by atoms with E-state index in [1.165, 1.54) is 12.1 Å². The fraction of sp³-hybridized carbons (Fsp3) is 0.267. The van der Waals surface area contributed by atoms with Gasteiger partial charge in [-0.25, -0.2) is 9.37 Å². The van der Waals surface area contributed by atoms with Gasteiger partial charge in [0.2, 0.25) is 5.95 Å². The second-order valence-electron chi connectivity index (χ2n) is 4.97. The standard InChI is InChI=1S/C15H14FN5/c16-12-7-10(3-4-11(12)9-17)13-8-14(20-15(18)19-13)21-5-1-2-6-21/h3-4,7-8H,1-2,5-6H2,(H2,18,19,20). The molecule has 0 radical (unpaired) electrons. The maximum Gasteiger partial charge on any atom is 0.222 e. The summed E-state index contributed by atoms with van der Waals surface area (Å²) in [7, 11) is 0. The van der Waals surface area contributed by atoms with Gasteiger partial charge >= 0.3 is 0 Å².